The van der Waals surface area contributed by atoms with E-state index in [-0.39, 0.29) is 86.1 Å². The lowest BCUT2D eigenvalue weighted by atomic mass is 9.92. The van der Waals surface area contributed by atoms with Gasteiger partial charge in [-0.15, -0.1) is 6.58 Å². The molecule has 0 aliphatic carbocycles. The molecular formula is C58H83N7O9S2. The van der Waals surface area contributed by atoms with Crippen molar-refractivity contribution < 1.29 is 42.9 Å². The first-order valence-electron chi connectivity index (χ1n) is 24.5. The summed E-state index contributed by atoms with van der Waals surface area (Å²) in [6.07, 6.45) is 2.40. The first kappa shape index (κ1) is 67.1. The number of alkyl carbamates (subject to hydrolysis) is 1. The number of rotatable bonds is 26. The molecule has 76 heavy (non-hydrogen) atoms. The Hall–Kier alpha value is -6.92. The summed E-state index contributed by atoms with van der Waals surface area (Å²) in [7, 11) is 1.54. The Morgan fingerprint density at radius 1 is 0.671 bits per heavy atom. The van der Waals surface area contributed by atoms with Crippen molar-refractivity contribution in [3.05, 3.63) is 121 Å². The highest BCUT2D eigenvalue weighted by Gasteiger charge is 2.30. The Balaban J connectivity index is 0.00000722. The SMILES string of the molecule is C.C.C=CC[C@H](NC(=O)[C@@H](CCCNC(N)=NC)NC(=O)[C@@H](CCCCNC(=O)OC(C)(C)C)NC(=O)COc1ccc2ccccc2c1-c1c(OCC(C)C)ccc2ccccc12)C(=O)OCc1ccccc1.S.S. The van der Waals surface area contributed by atoms with Crippen LogP contribution in [0.25, 0.3) is 32.7 Å². The van der Waals surface area contributed by atoms with Crippen molar-refractivity contribution in [2.45, 2.75) is 118 Å². The maximum absolute atomic E-state index is 14.4. The van der Waals surface area contributed by atoms with Crippen molar-refractivity contribution in [1.29, 1.82) is 0 Å². The normalized spacial score (nSPS) is 12.1. The van der Waals surface area contributed by atoms with E-state index in [4.69, 9.17) is 24.7 Å². The summed E-state index contributed by atoms with van der Waals surface area (Å²) in [5.74, 6) is -1.01. The van der Waals surface area contributed by atoms with E-state index in [2.05, 4.69) is 52.0 Å². The van der Waals surface area contributed by atoms with Gasteiger partial charge >= 0.3 is 12.1 Å². The van der Waals surface area contributed by atoms with Crippen molar-refractivity contribution in [2.24, 2.45) is 16.6 Å². The summed E-state index contributed by atoms with van der Waals surface area (Å²) in [5, 5.41) is 17.9. The molecule has 0 radical (unpaired) electrons. The second-order valence-electron chi connectivity index (χ2n) is 18.8. The number of amides is 4. The smallest absolute Gasteiger partial charge is 0.407 e. The number of hydrogen-bond donors (Lipinski definition) is 6. The van der Waals surface area contributed by atoms with Crippen molar-refractivity contribution in [3.63, 3.8) is 0 Å². The predicted octanol–water partition coefficient (Wildman–Crippen LogP) is 9.35. The van der Waals surface area contributed by atoms with Gasteiger partial charge in [0.25, 0.3) is 5.91 Å². The number of carbonyl (C=O) groups is 5. The third-order valence-corrected chi connectivity index (χ3v) is 11.3. The zero-order chi connectivity index (χ0) is 52.0. The number of ether oxygens (including phenoxy) is 4. The van der Waals surface area contributed by atoms with Gasteiger partial charge in [0.1, 0.15) is 41.8 Å². The number of guanidine groups is 1. The molecule has 18 heteroatoms. The Kier molecular flexibility index (Phi) is 29.9. The third kappa shape index (κ3) is 21.4. The van der Waals surface area contributed by atoms with E-state index in [1.54, 1.807) is 20.8 Å². The van der Waals surface area contributed by atoms with Gasteiger partial charge in [0.15, 0.2) is 12.6 Å². The average molecular weight is 1090 g/mol. The molecule has 0 unspecified atom stereocenters. The Labute approximate surface area is 464 Å². The third-order valence-electron chi connectivity index (χ3n) is 11.3. The number of esters is 1. The zero-order valence-electron chi connectivity index (χ0n) is 43.4. The highest BCUT2D eigenvalue weighted by atomic mass is 32.1. The number of nitrogens with one attached hydrogen (secondary N) is 5. The van der Waals surface area contributed by atoms with Gasteiger partial charge in [-0.2, -0.15) is 27.0 Å². The number of benzene rings is 5. The molecular weight excluding hydrogens is 1000 g/mol. The minimum Gasteiger partial charge on any atom is -0.493 e. The number of aliphatic imine (C=N–C) groups is 1. The lowest BCUT2D eigenvalue weighted by molar-refractivity contribution is -0.149. The number of nitrogens with two attached hydrogens (primary N) is 1. The summed E-state index contributed by atoms with van der Waals surface area (Å²) in [6, 6.07) is 29.4. The van der Waals surface area contributed by atoms with Gasteiger partial charge in [0.2, 0.25) is 11.8 Å². The second kappa shape index (κ2) is 33.9. The van der Waals surface area contributed by atoms with Crippen LogP contribution in [0.1, 0.15) is 93.6 Å². The largest absolute Gasteiger partial charge is 0.493 e. The predicted molar refractivity (Wildman–Crippen MR) is 317 cm³/mol. The number of fused-ring (bicyclic) bond motifs is 2. The molecule has 0 aromatic heterocycles. The average Bonchev–Trinajstić information content (AvgIpc) is 3.36. The summed E-state index contributed by atoms with van der Waals surface area (Å²) < 4.78 is 23.8. The van der Waals surface area contributed by atoms with Crippen LogP contribution >= 0.6 is 27.0 Å². The van der Waals surface area contributed by atoms with Gasteiger partial charge in [-0.3, -0.25) is 19.4 Å². The Bertz CT molecular complexity index is 2660. The number of carbonyl (C=O) groups excluding carboxylic acids is 5. The van der Waals surface area contributed by atoms with Gasteiger partial charge in [0.05, 0.1) is 6.61 Å². The van der Waals surface area contributed by atoms with Crippen LogP contribution < -0.4 is 41.8 Å². The molecule has 7 N–H and O–H groups in total. The van der Waals surface area contributed by atoms with Crippen LogP contribution in [0.2, 0.25) is 0 Å². The van der Waals surface area contributed by atoms with Gasteiger partial charge in [-0.1, -0.05) is 126 Å². The lowest BCUT2D eigenvalue weighted by Crippen LogP contribution is -2.56. The van der Waals surface area contributed by atoms with Crippen LogP contribution in [0.5, 0.6) is 11.5 Å². The number of hydrogen-bond acceptors (Lipinski definition) is 10. The molecule has 0 saturated heterocycles. The van der Waals surface area contributed by atoms with E-state index in [0.29, 0.717) is 43.9 Å². The fourth-order valence-corrected chi connectivity index (χ4v) is 7.77. The molecule has 0 heterocycles. The molecule has 4 amide bonds. The summed E-state index contributed by atoms with van der Waals surface area (Å²) in [6.45, 7) is 13.8. The standard InChI is InChI=1S/C56H71N7O9.2CH4.2H2S/c1-8-19-45(53(67)71-35-38-20-10-9-11-21-38)63-52(66)44(27-18-33-59-54(57)58-7)62-51(65)43(26-16-17-32-60-55(68)72-56(4,5)6)61-48(64)36-70-47-31-29-40-23-13-15-25-42(40)50(47)49-41-24-14-12-22-39(41)28-30-46(49)69-34-37(2)3;;;;/h8-15,20-25,28-31,37,43-45H,1,16-19,26-27,32-36H2,2-7H3,(H,60,68)(H,61,64)(H,62,65)(H,63,66)(H3,57,58,59);2*1H4;2*1H2/t43-,44-,45+;;;;/m1..../s1. The highest BCUT2D eigenvalue weighted by molar-refractivity contribution is 7.59. The molecule has 0 saturated carbocycles. The van der Waals surface area contributed by atoms with Crippen molar-refractivity contribution in [1.82, 2.24) is 26.6 Å². The second-order valence-corrected chi connectivity index (χ2v) is 18.8. The molecule has 0 spiro atoms. The van der Waals surface area contributed by atoms with Gasteiger partial charge in [-0.25, -0.2) is 9.59 Å². The van der Waals surface area contributed by atoms with Crippen molar-refractivity contribution in [2.75, 3.05) is 33.4 Å². The monoisotopic (exact) mass is 1090 g/mol. The van der Waals surface area contributed by atoms with Crippen LogP contribution in [0, 0.1) is 5.92 Å². The Morgan fingerprint density at radius 2 is 1.20 bits per heavy atom. The van der Waals surface area contributed by atoms with E-state index >= 15 is 0 Å². The van der Waals surface area contributed by atoms with Crippen LogP contribution in [0.15, 0.2) is 121 Å². The van der Waals surface area contributed by atoms with E-state index in [0.717, 1.165) is 38.2 Å². The van der Waals surface area contributed by atoms with Crippen LogP contribution in [0.4, 0.5) is 4.79 Å². The quantitative estimate of drug-likeness (QED) is 0.0101. The van der Waals surface area contributed by atoms with E-state index in [1.807, 2.05) is 103 Å². The highest BCUT2D eigenvalue weighted by Crippen LogP contribution is 2.45. The molecule has 3 atom stereocenters. The van der Waals surface area contributed by atoms with Crippen LogP contribution in [-0.2, 0) is 35.3 Å². The van der Waals surface area contributed by atoms with Crippen LogP contribution in [0.3, 0.4) is 0 Å². The molecule has 16 nitrogen and oxygen atoms in total. The zero-order valence-corrected chi connectivity index (χ0v) is 45.4. The fraction of sp³-hybridized carbons (Fsp3) is 0.414. The summed E-state index contributed by atoms with van der Waals surface area (Å²) in [4.78, 5) is 72.2. The molecule has 5 aromatic rings. The first-order valence-corrected chi connectivity index (χ1v) is 24.5. The topological polar surface area (TPSA) is 221 Å². The molecule has 0 bridgehead atoms. The molecule has 0 fully saturated rings. The van der Waals surface area contributed by atoms with Crippen molar-refractivity contribution >= 4 is 84.3 Å². The maximum atomic E-state index is 14.4. The molecule has 0 aliphatic rings. The molecule has 5 rings (SSSR count). The number of unbranched alkanes of at least 4 members (excludes halogenated alkanes) is 1. The minimum absolute atomic E-state index is 0. The number of nitrogens with zero attached hydrogens (tertiary/aromatic N) is 1. The van der Waals surface area contributed by atoms with E-state index in [1.165, 1.54) is 13.1 Å². The van der Waals surface area contributed by atoms with E-state index in [9.17, 15) is 24.0 Å². The lowest BCUT2D eigenvalue weighted by Gasteiger charge is -2.25. The van der Waals surface area contributed by atoms with Gasteiger partial charge in [0, 0.05) is 31.3 Å². The van der Waals surface area contributed by atoms with Crippen LogP contribution in [-0.4, -0.2) is 92.8 Å². The summed E-state index contributed by atoms with van der Waals surface area (Å²) in [5.41, 5.74) is 7.50. The van der Waals surface area contributed by atoms with Gasteiger partial charge < -0.3 is 51.3 Å². The molecule has 5 aromatic carbocycles. The van der Waals surface area contributed by atoms with Gasteiger partial charge in [-0.05, 0) is 104 Å². The first-order chi connectivity index (χ1) is 34.6. The molecule has 416 valence electrons. The summed E-state index contributed by atoms with van der Waals surface area (Å²) >= 11 is 0. The fourth-order valence-electron chi connectivity index (χ4n) is 7.77. The Morgan fingerprint density at radius 3 is 1.76 bits per heavy atom. The minimum atomic E-state index is -1.16. The maximum Gasteiger partial charge on any atom is 0.407 e. The van der Waals surface area contributed by atoms with Crippen molar-refractivity contribution in [3.8, 4) is 22.6 Å². The molecule has 0 aliphatic heterocycles. The van der Waals surface area contributed by atoms with E-state index < -0.39 is 60.1 Å².